The van der Waals surface area contributed by atoms with Crippen LogP contribution in [0.2, 0.25) is 0 Å². The Balaban J connectivity index is 1.23. The minimum absolute atomic E-state index is 0.00442. The largest absolute Gasteiger partial charge is 0.497 e. The van der Waals surface area contributed by atoms with Gasteiger partial charge in [0.25, 0.3) is 0 Å². The number of piperazine rings is 1. The number of fused-ring (bicyclic) bond motifs is 1. The molecule has 1 saturated heterocycles. The maximum atomic E-state index is 13.2. The molecule has 0 N–H and O–H groups in total. The lowest BCUT2D eigenvalue weighted by molar-refractivity contribution is -0.128. The minimum atomic E-state index is -0.316. The molecule has 2 aromatic heterocycles. The molecule has 0 unspecified atom stereocenters. The van der Waals surface area contributed by atoms with Gasteiger partial charge < -0.3 is 14.5 Å². The first-order valence-electron chi connectivity index (χ1n) is 11.1. The smallest absolute Gasteiger partial charge is 0.300 e. The number of nitrogens with zero attached hydrogens (tertiary/aromatic N) is 6. The molecule has 1 aliphatic heterocycles. The van der Waals surface area contributed by atoms with Crippen LogP contribution in [0.3, 0.4) is 0 Å². The number of hydrogen-bond donors (Lipinski definition) is 0. The number of methoxy groups -OCH3 is 1. The molecule has 11 heteroatoms. The van der Waals surface area contributed by atoms with E-state index in [1.54, 1.807) is 60.3 Å². The number of carbonyl (C=O) groups excluding carboxylic acids is 1. The Kier molecular flexibility index (Phi) is 6.41. The Morgan fingerprint density at radius 2 is 1.80 bits per heavy atom. The van der Waals surface area contributed by atoms with Gasteiger partial charge in [-0.25, -0.2) is 4.39 Å². The van der Waals surface area contributed by atoms with E-state index < -0.39 is 0 Å². The fourth-order valence-electron chi connectivity index (χ4n) is 4.01. The van der Waals surface area contributed by atoms with Crippen LogP contribution in [0.4, 0.5) is 10.1 Å². The van der Waals surface area contributed by atoms with Crippen molar-refractivity contribution in [1.29, 1.82) is 0 Å². The van der Waals surface area contributed by atoms with Crippen LogP contribution in [0, 0.1) is 5.82 Å². The number of ether oxygens (including phenoxy) is 1. The van der Waals surface area contributed by atoms with Gasteiger partial charge in [0.2, 0.25) is 11.6 Å². The van der Waals surface area contributed by atoms with Crippen molar-refractivity contribution in [2.24, 2.45) is 0 Å². The number of rotatable bonds is 6. The Bertz CT molecular complexity index is 1410. The van der Waals surface area contributed by atoms with E-state index in [-0.39, 0.29) is 28.7 Å². The van der Waals surface area contributed by atoms with Crippen molar-refractivity contribution in [3.63, 3.8) is 0 Å². The van der Waals surface area contributed by atoms with Crippen molar-refractivity contribution in [2.45, 2.75) is 5.16 Å². The van der Waals surface area contributed by atoms with Crippen molar-refractivity contribution in [2.75, 3.05) is 43.9 Å². The average molecular weight is 495 g/mol. The zero-order valence-electron chi connectivity index (χ0n) is 19.0. The fraction of sp³-hybridized carbons (Fsp3) is 0.250. The molecule has 1 amide bonds. The van der Waals surface area contributed by atoms with Crippen LogP contribution in [0.1, 0.15) is 0 Å². The van der Waals surface area contributed by atoms with Crippen molar-refractivity contribution in [3.8, 4) is 11.4 Å². The molecule has 0 atom stereocenters. The van der Waals surface area contributed by atoms with E-state index in [9.17, 15) is 14.0 Å². The molecule has 4 aromatic rings. The number of halogens is 1. The molecule has 0 radical (unpaired) electrons. The lowest BCUT2D eigenvalue weighted by Gasteiger charge is -2.36. The molecular weight excluding hydrogens is 471 g/mol. The van der Waals surface area contributed by atoms with Crippen LogP contribution in [-0.2, 0) is 4.79 Å². The lowest BCUT2D eigenvalue weighted by atomic mass is 10.2. The molecule has 3 heterocycles. The van der Waals surface area contributed by atoms with Gasteiger partial charge in [-0.15, -0.1) is 10.2 Å². The number of anilines is 1. The number of hydrogen-bond acceptors (Lipinski definition) is 7. The van der Waals surface area contributed by atoms with Crippen LogP contribution in [0.15, 0.2) is 70.9 Å². The van der Waals surface area contributed by atoms with E-state index >= 15 is 0 Å². The van der Waals surface area contributed by atoms with E-state index in [0.29, 0.717) is 42.8 Å². The summed E-state index contributed by atoms with van der Waals surface area (Å²) in [5.41, 5.74) is 1.47. The van der Waals surface area contributed by atoms with Gasteiger partial charge in [0, 0.05) is 50.3 Å². The quantitative estimate of drug-likeness (QED) is 0.381. The Hall–Kier alpha value is -3.86. The third-order valence-electron chi connectivity index (χ3n) is 5.92. The van der Waals surface area contributed by atoms with E-state index in [2.05, 4.69) is 15.1 Å². The van der Waals surface area contributed by atoms with E-state index in [4.69, 9.17) is 4.74 Å². The van der Waals surface area contributed by atoms with Gasteiger partial charge in [-0.2, -0.15) is 0 Å². The monoisotopic (exact) mass is 494 g/mol. The summed E-state index contributed by atoms with van der Waals surface area (Å²) in [6.45, 7) is 2.53. The summed E-state index contributed by atoms with van der Waals surface area (Å²) >= 11 is 1.25. The highest BCUT2D eigenvalue weighted by Gasteiger charge is 2.22. The SMILES string of the molecule is COc1cccc(-n2ccn3c(SCC(=O)N4CCN(c5ccc(F)cc5)CC4)nnc3c2=O)c1. The number of thioether (sulfide) groups is 1. The normalized spacial score (nSPS) is 13.9. The summed E-state index contributed by atoms with van der Waals surface area (Å²) in [6, 6.07) is 13.6. The molecule has 5 rings (SSSR count). The topological polar surface area (TPSA) is 85.0 Å². The number of benzene rings is 2. The summed E-state index contributed by atoms with van der Waals surface area (Å²) < 4.78 is 21.5. The van der Waals surface area contributed by atoms with Gasteiger partial charge in [0.05, 0.1) is 18.6 Å². The van der Waals surface area contributed by atoms with E-state index in [1.165, 1.54) is 28.5 Å². The van der Waals surface area contributed by atoms with Gasteiger partial charge >= 0.3 is 5.56 Å². The third kappa shape index (κ3) is 4.72. The summed E-state index contributed by atoms with van der Waals surface area (Å²) in [5.74, 6) is 0.565. The standard InChI is InChI=1S/C24H23FN6O3S/c1-34-20-4-2-3-19(15-20)30-13-14-31-22(23(30)33)26-27-24(31)35-16-21(32)29-11-9-28(10-12-29)18-7-5-17(25)6-8-18/h2-8,13-15H,9-12,16H2,1H3. The predicted molar refractivity (Wildman–Crippen MR) is 131 cm³/mol. The fourth-order valence-corrected chi connectivity index (χ4v) is 4.83. The highest BCUT2D eigenvalue weighted by molar-refractivity contribution is 7.99. The highest BCUT2D eigenvalue weighted by Crippen LogP contribution is 2.20. The number of carbonyl (C=O) groups is 1. The average Bonchev–Trinajstić information content (AvgIpc) is 3.32. The molecular formula is C24H23FN6O3S. The maximum Gasteiger partial charge on any atom is 0.300 e. The van der Waals surface area contributed by atoms with Gasteiger partial charge in [0.15, 0.2) is 5.16 Å². The first kappa shape index (κ1) is 22.9. The first-order chi connectivity index (χ1) is 17.0. The van der Waals surface area contributed by atoms with Gasteiger partial charge in [-0.3, -0.25) is 18.6 Å². The summed E-state index contributed by atoms with van der Waals surface area (Å²) in [5, 5.41) is 8.67. The molecule has 1 aliphatic rings. The summed E-state index contributed by atoms with van der Waals surface area (Å²) in [4.78, 5) is 29.7. The predicted octanol–water partition coefficient (Wildman–Crippen LogP) is 2.47. The summed E-state index contributed by atoms with van der Waals surface area (Å²) in [6.07, 6.45) is 3.36. The zero-order valence-corrected chi connectivity index (χ0v) is 19.8. The Morgan fingerprint density at radius 1 is 1.03 bits per heavy atom. The van der Waals surface area contributed by atoms with Crippen LogP contribution in [-0.4, -0.2) is 69.0 Å². The second kappa shape index (κ2) is 9.79. The molecule has 35 heavy (non-hydrogen) atoms. The van der Waals surface area contributed by atoms with Crippen LogP contribution >= 0.6 is 11.8 Å². The molecule has 1 fully saturated rings. The second-order valence-corrected chi connectivity index (χ2v) is 8.93. The molecule has 2 aromatic carbocycles. The third-order valence-corrected chi connectivity index (χ3v) is 6.85. The van der Waals surface area contributed by atoms with Gasteiger partial charge in [0.1, 0.15) is 11.6 Å². The van der Waals surface area contributed by atoms with Crippen molar-refractivity contribution < 1.29 is 13.9 Å². The number of aromatic nitrogens is 4. The molecule has 9 nitrogen and oxygen atoms in total. The van der Waals surface area contributed by atoms with Gasteiger partial charge in [-0.1, -0.05) is 17.8 Å². The van der Waals surface area contributed by atoms with Crippen molar-refractivity contribution in [3.05, 3.63) is 77.1 Å². The highest BCUT2D eigenvalue weighted by atomic mass is 32.2. The van der Waals surface area contributed by atoms with Gasteiger partial charge in [-0.05, 0) is 36.4 Å². The van der Waals surface area contributed by atoms with Crippen molar-refractivity contribution >= 4 is 29.0 Å². The maximum absolute atomic E-state index is 13.2. The molecule has 0 saturated carbocycles. The van der Waals surface area contributed by atoms with Crippen molar-refractivity contribution in [1.82, 2.24) is 24.1 Å². The number of amides is 1. The summed E-state index contributed by atoms with van der Waals surface area (Å²) in [7, 11) is 1.57. The first-order valence-corrected chi connectivity index (χ1v) is 12.0. The van der Waals surface area contributed by atoms with E-state index in [0.717, 1.165) is 5.69 Å². The Labute approximate surface area is 204 Å². The van der Waals surface area contributed by atoms with Crippen LogP contribution < -0.4 is 15.2 Å². The minimum Gasteiger partial charge on any atom is -0.497 e. The van der Waals surface area contributed by atoms with Crippen LogP contribution in [0.5, 0.6) is 5.75 Å². The second-order valence-electron chi connectivity index (χ2n) is 7.98. The molecule has 0 aliphatic carbocycles. The zero-order chi connectivity index (χ0) is 24.4. The molecule has 0 spiro atoms. The van der Waals surface area contributed by atoms with Crippen LogP contribution in [0.25, 0.3) is 11.3 Å². The molecule has 180 valence electrons. The van der Waals surface area contributed by atoms with E-state index in [1.807, 2.05) is 4.90 Å². The Morgan fingerprint density at radius 3 is 2.54 bits per heavy atom. The molecule has 0 bridgehead atoms. The lowest BCUT2D eigenvalue weighted by Crippen LogP contribution is -2.49.